The summed E-state index contributed by atoms with van der Waals surface area (Å²) in [6.07, 6.45) is 3.19. The maximum atomic E-state index is 11.4. The van der Waals surface area contributed by atoms with Gasteiger partial charge in [-0.15, -0.1) is 0 Å². The van der Waals surface area contributed by atoms with E-state index >= 15 is 0 Å². The molecule has 0 aliphatic carbocycles. The number of nitrogens with zero attached hydrogens (tertiary/aromatic N) is 2. The van der Waals surface area contributed by atoms with E-state index in [4.69, 9.17) is 16.0 Å². The minimum absolute atomic E-state index is 0.00383. The Hall–Kier alpha value is -2.20. The largest absolute Gasteiger partial charge is 0.451 e. The Balaban J connectivity index is 2.13. The van der Waals surface area contributed by atoms with Gasteiger partial charge in [-0.25, -0.2) is 0 Å². The van der Waals surface area contributed by atoms with Crippen molar-refractivity contribution in [2.45, 2.75) is 13.8 Å². The van der Waals surface area contributed by atoms with Gasteiger partial charge in [-0.05, 0) is 31.5 Å². The van der Waals surface area contributed by atoms with E-state index < -0.39 is 0 Å². The van der Waals surface area contributed by atoms with Crippen LogP contribution < -0.4 is 0 Å². The van der Waals surface area contributed by atoms with Crippen LogP contribution in [0.15, 0.2) is 35.0 Å². The molecule has 0 spiro atoms. The number of aryl methyl sites for hydroxylation is 1. The van der Waals surface area contributed by atoms with Crippen LogP contribution in [0.2, 0.25) is 5.02 Å². The first-order valence-corrected chi connectivity index (χ1v) is 6.46. The van der Waals surface area contributed by atoms with Gasteiger partial charge in [0, 0.05) is 24.0 Å². The molecule has 3 aromatic heterocycles. The summed E-state index contributed by atoms with van der Waals surface area (Å²) in [5, 5.41) is 0.512. The molecule has 0 atom stereocenters. The quantitative estimate of drug-likeness (QED) is 0.667. The van der Waals surface area contributed by atoms with Crippen LogP contribution in [0, 0.1) is 6.92 Å². The van der Waals surface area contributed by atoms with Gasteiger partial charge in [0.25, 0.3) is 0 Å². The molecule has 0 amide bonds. The number of halogens is 1. The molecule has 0 fully saturated rings. The molecule has 0 aliphatic rings. The standard InChI is InChI=1S/C15H11ClN2O2/c1-8-5-12(18-7-10(8)9(2)19)14-6-13-15(20-14)11(16)3-4-17-13/h3-7H,1-2H3. The second-order valence-electron chi connectivity index (χ2n) is 4.56. The summed E-state index contributed by atoms with van der Waals surface area (Å²) in [7, 11) is 0. The molecule has 3 aromatic rings. The van der Waals surface area contributed by atoms with Crippen LogP contribution in [0.3, 0.4) is 0 Å². The van der Waals surface area contributed by atoms with Gasteiger partial charge in [0.1, 0.15) is 11.2 Å². The number of Topliss-reactive ketones (excluding diaryl/α,β-unsaturated/α-hetero) is 1. The number of hydrogen-bond donors (Lipinski definition) is 0. The smallest absolute Gasteiger partial charge is 0.171 e. The van der Waals surface area contributed by atoms with Crippen LogP contribution in [0.5, 0.6) is 0 Å². The lowest BCUT2D eigenvalue weighted by Crippen LogP contribution is -1.97. The van der Waals surface area contributed by atoms with E-state index in [9.17, 15) is 4.79 Å². The van der Waals surface area contributed by atoms with Crippen LogP contribution in [-0.2, 0) is 0 Å². The second-order valence-corrected chi connectivity index (χ2v) is 4.97. The van der Waals surface area contributed by atoms with Gasteiger partial charge in [-0.1, -0.05) is 11.6 Å². The van der Waals surface area contributed by atoms with E-state index in [1.54, 1.807) is 24.5 Å². The molecule has 5 heteroatoms. The zero-order chi connectivity index (χ0) is 14.3. The van der Waals surface area contributed by atoms with Gasteiger partial charge in [-0.2, -0.15) is 0 Å². The highest BCUT2D eigenvalue weighted by molar-refractivity contribution is 6.34. The molecule has 0 aromatic carbocycles. The third-order valence-electron chi connectivity index (χ3n) is 3.11. The Labute approximate surface area is 120 Å². The first-order valence-electron chi connectivity index (χ1n) is 6.08. The molecule has 20 heavy (non-hydrogen) atoms. The summed E-state index contributed by atoms with van der Waals surface area (Å²) < 4.78 is 5.70. The van der Waals surface area contributed by atoms with Crippen LogP contribution in [0.25, 0.3) is 22.6 Å². The summed E-state index contributed by atoms with van der Waals surface area (Å²) in [6, 6.07) is 5.29. The molecule has 3 heterocycles. The van der Waals surface area contributed by atoms with E-state index in [-0.39, 0.29) is 5.78 Å². The van der Waals surface area contributed by atoms with Crippen molar-refractivity contribution in [1.29, 1.82) is 0 Å². The molecule has 0 aliphatic heterocycles. The van der Waals surface area contributed by atoms with Crippen molar-refractivity contribution in [2.75, 3.05) is 0 Å². The van der Waals surface area contributed by atoms with Crippen molar-refractivity contribution in [1.82, 2.24) is 9.97 Å². The minimum atomic E-state index is -0.00383. The highest BCUT2D eigenvalue weighted by Crippen LogP contribution is 2.30. The highest BCUT2D eigenvalue weighted by Gasteiger charge is 2.13. The number of pyridine rings is 2. The second kappa shape index (κ2) is 4.72. The number of fused-ring (bicyclic) bond motifs is 1. The summed E-state index contributed by atoms with van der Waals surface area (Å²) in [4.78, 5) is 19.9. The predicted octanol–water partition coefficient (Wildman–Crippen LogP) is 4.05. The average molecular weight is 287 g/mol. The van der Waals surface area contributed by atoms with E-state index in [2.05, 4.69) is 9.97 Å². The molecular weight excluding hydrogens is 276 g/mol. The lowest BCUT2D eigenvalue weighted by atomic mass is 10.1. The van der Waals surface area contributed by atoms with E-state index in [0.29, 0.717) is 33.1 Å². The fraction of sp³-hybridized carbons (Fsp3) is 0.133. The predicted molar refractivity (Wildman–Crippen MR) is 77.0 cm³/mol. The van der Waals surface area contributed by atoms with Crippen molar-refractivity contribution in [3.05, 3.63) is 46.7 Å². The Morgan fingerprint density at radius 2 is 2.10 bits per heavy atom. The molecule has 0 radical (unpaired) electrons. The Morgan fingerprint density at radius 3 is 2.75 bits per heavy atom. The Morgan fingerprint density at radius 1 is 1.30 bits per heavy atom. The Bertz CT molecular complexity index is 824. The van der Waals surface area contributed by atoms with Gasteiger partial charge in [-0.3, -0.25) is 14.8 Å². The van der Waals surface area contributed by atoms with Gasteiger partial charge in [0.2, 0.25) is 0 Å². The molecule has 0 unspecified atom stereocenters. The fourth-order valence-electron chi connectivity index (χ4n) is 2.09. The summed E-state index contributed by atoms with van der Waals surface area (Å²) in [5.41, 5.74) is 3.35. The Kier molecular flexibility index (Phi) is 3.03. The number of hydrogen-bond acceptors (Lipinski definition) is 4. The number of ketones is 1. The first-order chi connectivity index (χ1) is 9.56. The number of aromatic nitrogens is 2. The minimum Gasteiger partial charge on any atom is -0.451 e. The SMILES string of the molecule is CC(=O)c1cnc(-c2cc3nccc(Cl)c3o2)cc1C. The number of rotatable bonds is 2. The fourth-order valence-corrected chi connectivity index (χ4v) is 2.28. The topological polar surface area (TPSA) is 56.0 Å². The van der Waals surface area contributed by atoms with Crippen molar-refractivity contribution in [3.8, 4) is 11.5 Å². The van der Waals surface area contributed by atoms with Crippen molar-refractivity contribution >= 4 is 28.5 Å². The van der Waals surface area contributed by atoms with Crippen LogP contribution >= 0.6 is 11.6 Å². The van der Waals surface area contributed by atoms with Crippen molar-refractivity contribution in [2.24, 2.45) is 0 Å². The lowest BCUT2D eigenvalue weighted by Gasteiger charge is -2.02. The molecule has 0 saturated heterocycles. The molecule has 4 nitrogen and oxygen atoms in total. The molecule has 3 rings (SSSR count). The summed E-state index contributed by atoms with van der Waals surface area (Å²) in [5.74, 6) is 0.578. The molecule has 100 valence electrons. The zero-order valence-corrected chi connectivity index (χ0v) is 11.7. The van der Waals surface area contributed by atoms with Gasteiger partial charge >= 0.3 is 0 Å². The molecular formula is C15H11ClN2O2. The first kappa shape index (κ1) is 12.8. The normalized spacial score (nSPS) is 10.9. The summed E-state index contributed by atoms with van der Waals surface area (Å²) >= 11 is 6.06. The molecule has 0 N–H and O–H groups in total. The van der Waals surface area contributed by atoms with Gasteiger partial charge < -0.3 is 4.42 Å². The monoisotopic (exact) mass is 286 g/mol. The van der Waals surface area contributed by atoms with Crippen molar-refractivity contribution < 1.29 is 9.21 Å². The van der Waals surface area contributed by atoms with E-state index in [0.717, 1.165) is 5.56 Å². The van der Waals surface area contributed by atoms with Crippen LogP contribution in [0.1, 0.15) is 22.8 Å². The maximum absolute atomic E-state index is 11.4. The number of furan rings is 1. The van der Waals surface area contributed by atoms with Gasteiger partial charge in [0.15, 0.2) is 17.1 Å². The molecule has 0 bridgehead atoms. The summed E-state index contributed by atoms with van der Waals surface area (Å²) in [6.45, 7) is 3.39. The van der Waals surface area contributed by atoms with Crippen LogP contribution in [-0.4, -0.2) is 15.8 Å². The van der Waals surface area contributed by atoms with Crippen molar-refractivity contribution in [3.63, 3.8) is 0 Å². The van der Waals surface area contributed by atoms with E-state index in [1.165, 1.54) is 6.92 Å². The van der Waals surface area contributed by atoms with Crippen LogP contribution in [0.4, 0.5) is 0 Å². The maximum Gasteiger partial charge on any atom is 0.171 e. The van der Waals surface area contributed by atoms with Gasteiger partial charge in [0.05, 0.1) is 5.02 Å². The average Bonchev–Trinajstić information content (AvgIpc) is 2.83. The molecule has 0 saturated carbocycles. The lowest BCUT2D eigenvalue weighted by molar-refractivity contribution is 0.101. The van der Waals surface area contributed by atoms with E-state index in [1.807, 2.05) is 13.0 Å². The zero-order valence-electron chi connectivity index (χ0n) is 11.0. The third-order valence-corrected chi connectivity index (χ3v) is 3.40. The highest BCUT2D eigenvalue weighted by atomic mass is 35.5. The number of carbonyl (C=O) groups is 1. The number of carbonyl (C=O) groups excluding carboxylic acids is 1. The third kappa shape index (κ3) is 2.08.